The molecule has 0 spiro atoms. The summed E-state index contributed by atoms with van der Waals surface area (Å²) in [7, 11) is 0. The predicted molar refractivity (Wildman–Crippen MR) is 115 cm³/mol. The minimum Gasteiger partial charge on any atom is -0.356 e. The molecule has 2 aromatic carbocycles. The van der Waals surface area contributed by atoms with E-state index in [1.807, 2.05) is 25.1 Å². The Morgan fingerprint density at radius 1 is 1.00 bits per heavy atom. The molecule has 0 aliphatic heterocycles. The minimum absolute atomic E-state index is 0.00190. The molecule has 1 heterocycles. The number of carbonyl (C=O) groups is 2. The van der Waals surface area contributed by atoms with Gasteiger partial charge in [0.25, 0.3) is 5.91 Å². The molecule has 2 amide bonds. The molecule has 3 aromatic rings. The van der Waals surface area contributed by atoms with Gasteiger partial charge in [0.2, 0.25) is 5.91 Å². The molecule has 0 aliphatic carbocycles. The highest BCUT2D eigenvalue weighted by molar-refractivity contribution is 6.30. The molecule has 0 saturated heterocycles. The summed E-state index contributed by atoms with van der Waals surface area (Å²) in [5.74, 6) is 0.817. The number of nitrogens with one attached hydrogen (secondary N) is 2. The van der Waals surface area contributed by atoms with Gasteiger partial charge in [-0.1, -0.05) is 23.7 Å². The van der Waals surface area contributed by atoms with Gasteiger partial charge in [-0.2, -0.15) is 0 Å². The Morgan fingerprint density at radius 2 is 1.72 bits per heavy atom. The number of aromatic nitrogens is 2. The summed E-state index contributed by atoms with van der Waals surface area (Å²) in [6.45, 7) is 3.87. The second-order valence-electron chi connectivity index (χ2n) is 6.87. The van der Waals surface area contributed by atoms with Crippen LogP contribution in [0, 0.1) is 6.92 Å². The van der Waals surface area contributed by atoms with Crippen molar-refractivity contribution in [1.29, 1.82) is 0 Å². The largest absolute Gasteiger partial charge is 0.356 e. The van der Waals surface area contributed by atoms with Gasteiger partial charge in [0, 0.05) is 36.6 Å². The van der Waals surface area contributed by atoms with Crippen molar-refractivity contribution >= 4 is 34.4 Å². The third-order valence-electron chi connectivity index (χ3n) is 4.70. The van der Waals surface area contributed by atoms with Gasteiger partial charge in [0.1, 0.15) is 5.82 Å². The fourth-order valence-electron chi connectivity index (χ4n) is 3.19. The SMILES string of the molecule is Cc1nc2ccccc2n1CCCNC(=O)CCCNC(=O)c1ccc(Cl)cc1. The van der Waals surface area contributed by atoms with E-state index in [1.54, 1.807) is 24.3 Å². The zero-order valence-corrected chi connectivity index (χ0v) is 17.2. The van der Waals surface area contributed by atoms with Crippen molar-refractivity contribution in [2.75, 3.05) is 13.1 Å². The molecular weight excluding hydrogens is 388 g/mol. The Hall–Kier alpha value is -2.86. The zero-order chi connectivity index (χ0) is 20.6. The zero-order valence-electron chi connectivity index (χ0n) is 16.5. The lowest BCUT2D eigenvalue weighted by Crippen LogP contribution is -2.28. The molecule has 0 bridgehead atoms. The van der Waals surface area contributed by atoms with E-state index in [1.165, 1.54) is 0 Å². The number of fused-ring (bicyclic) bond motifs is 1. The summed E-state index contributed by atoms with van der Waals surface area (Å²) in [6.07, 6.45) is 1.81. The van der Waals surface area contributed by atoms with Crippen molar-refractivity contribution in [3.8, 4) is 0 Å². The molecule has 0 unspecified atom stereocenters. The maximum atomic E-state index is 12.0. The van der Waals surface area contributed by atoms with Gasteiger partial charge in [-0.05, 0) is 56.2 Å². The van der Waals surface area contributed by atoms with Crippen LogP contribution in [0.2, 0.25) is 5.02 Å². The van der Waals surface area contributed by atoms with Gasteiger partial charge in [-0.3, -0.25) is 9.59 Å². The number of hydrogen-bond acceptors (Lipinski definition) is 3. The van der Waals surface area contributed by atoms with E-state index in [9.17, 15) is 9.59 Å². The number of benzene rings is 2. The molecule has 0 aliphatic rings. The third kappa shape index (κ3) is 5.81. The van der Waals surface area contributed by atoms with Crippen LogP contribution in [0.15, 0.2) is 48.5 Å². The van der Waals surface area contributed by atoms with E-state index >= 15 is 0 Å². The van der Waals surface area contributed by atoms with Gasteiger partial charge in [0.05, 0.1) is 11.0 Å². The smallest absolute Gasteiger partial charge is 0.251 e. The van der Waals surface area contributed by atoms with Crippen LogP contribution in [-0.2, 0) is 11.3 Å². The van der Waals surface area contributed by atoms with Crippen LogP contribution in [-0.4, -0.2) is 34.5 Å². The summed E-state index contributed by atoms with van der Waals surface area (Å²) in [4.78, 5) is 28.5. The summed E-state index contributed by atoms with van der Waals surface area (Å²) >= 11 is 5.81. The number of rotatable bonds is 9. The molecule has 2 N–H and O–H groups in total. The summed E-state index contributed by atoms with van der Waals surface area (Å²) in [6, 6.07) is 14.8. The van der Waals surface area contributed by atoms with Crippen LogP contribution in [0.5, 0.6) is 0 Å². The fourth-order valence-corrected chi connectivity index (χ4v) is 3.31. The van der Waals surface area contributed by atoms with Crippen LogP contribution < -0.4 is 10.6 Å². The van der Waals surface area contributed by atoms with Crippen LogP contribution in [0.25, 0.3) is 11.0 Å². The first-order valence-electron chi connectivity index (χ1n) is 9.77. The van der Waals surface area contributed by atoms with E-state index in [0.717, 1.165) is 29.8 Å². The van der Waals surface area contributed by atoms with E-state index in [4.69, 9.17) is 11.6 Å². The van der Waals surface area contributed by atoms with E-state index in [-0.39, 0.29) is 11.8 Å². The number of halogens is 1. The topological polar surface area (TPSA) is 76.0 Å². The highest BCUT2D eigenvalue weighted by Gasteiger charge is 2.07. The van der Waals surface area contributed by atoms with Crippen molar-refractivity contribution in [2.24, 2.45) is 0 Å². The molecule has 152 valence electrons. The Bertz CT molecular complexity index is 982. The number of hydrogen-bond donors (Lipinski definition) is 2. The number of imidazole rings is 1. The standard InChI is InChI=1S/C22H25ClN4O2/c1-16-26-19-6-2-3-7-20(19)27(16)15-5-14-24-21(28)8-4-13-25-22(29)17-9-11-18(23)12-10-17/h2-3,6-7,9-12H,4-5,8,13-15H2,1H3,(H,24,28)(H,25,29). The van der Waals surface area contributed by atoms with Gasteiger partial charge in [0.15, 0.2) is 0 Å². The average molecular weight is 413 g/mol. The van der Waals surface area contributed by atoms with Crippen LogP contribution in [0.3, 0.4) is 0 Å². The highest BCUT2D eigenvalue weighted by Crippen LogP contribution is 2.15. The highest BCUT2D eigenvalue weighted by atomic mass is 35.5. The number of nitrogens with zero attached hydrogens (tertiary/aromatic N) is 2. The maximum Gasteiger partial charge on any atom is 0.251 e. The quantitative estimate of drug-likeness (QED) is 0.526. The lowest BCUT2D eigenvalue weighted by atomic mass is 10.2. The first-order valence-corrected chi connectivity index (χ1v) is 10.1. The Kier molecular flexibility index (Phi) is 7.25. The lowest BCUT2D eigenvalue weighted by Gasteiger charge is -2.09. The molecule has 0 atom stereocenters. The van der Waals surface area contributed by atoms with Crippen molar-refractivity contribution < 1.29 is 9.59 Å². The second-order valence-corrected chi connectivity index (χ2v) is 7.31. The van der Waals surface area contributed by atoms with Gasteiger partial charge >= 0.3 is 0 Å². The number of para-hydroxylation sites is 2. The molecule has 1 aromatic heterocycles. The summed E-state index contributed by atoms with van der Waals surface area (Å²) in [5.41, 5.74) is 2.67. The molecular formula is C22H25ClN4O2. The molecule has 3 rings (SSSR count). The number of amides is 2. The lowest BCUT2D eigenvalue weighted by molar-refractivity contribution is -0.121. The third-order valence-corrected chi connectivity index (χ3v) is 4.95. The summed E-state index contributed by atoms with van der Waals surface area (Å²) in [5, 5.41) is 6.34. The van der Waals surface area contributed by atoms with E-state index in [2.05, 4.69) is 26.3 Å². The first-order chi connectivity index (χ1) is 14.0. The van der Waals surface area contributed by atoms with Crippen molar-refractivity contribution in [3.63, 3.8) is 0 Å². The van der Waals surface area contributed by atoms with E-state index in [0.29, 0.717) is 36.5 Å². The maximum absolute atomic E-state index is 12.0. The number of aryl methyl sites for hydroxylation is 2. The monoisotopic (exact) mass is 412 g/mol. The van der Waals surface area contributed by atoms with Crippen LogP contribution in [0.4, 0.5) is 0 Å². The van der Waals surface area contributed by atoms with Crippen molar-refractivity contribution in [2.45, 2.75) is 32.7 Å². The Morgan fingerprint density at radius 3 is 2.52 bits per heavy atom. The molecule has 0 fully saturated rings. The summed E-state index contributed by atoms with van der Waals surface area (Å²) < 4.78 is 2.17. The Labute approximate surface area is 175 Å². The molecule has 0 radical (unpaired) electrons. The minimum atomic E-state index is -0.162. The molecule has 29 heavy (non-hydrogen) atoms. The molecule has 0 saturated carbocycles. The first kappa shape index (κ1) is 20.9. The normalized spacial score (nSPS) is 10.8. The van der Waals surface area contributed by atoms with Crippen molar-refractivity contribution in [1.82, 2.24) is 20.2 Å². The molecule has 7 heteroatoms. The van der Waals surface area contributed by atoms with Crippen LogP contribution >= 0.6 is 11.6 Å². The van der Waals surface area contributed by atoms with Gasteiger partial charge in [-0.25, -0.2) is 4.98 Å². The van der Waals surface area contributed by atoms with Gasteiger partial charge < -0.3 is 15.2 Å². The van der Waals surface area contributed by atoms with Crippen molar-refractivity contribution in [3.05, 3.63) is 64.9 Å². The second kappa shape index (κ2) is 10.1. The molecule has 6 nitrogen and oxygen atoms in total. The van der Waals surface area contributed by atoms with Crippen LogP contribution in [0.1, 0.15) is 35.4 Å². The van der Waals surface area contributed by atoms with E-state index < -0.39 is 0 Å². The van der Waals surface area contributed by atoms with Gasteiger partial charge in [-0.15, -0.1) is 0 Å². The number of carbonyl (C=O) groups excluding carboxylic acids is 2. The predicted octanol–water partition coefficient (Wildman–Crippen LogP) is 3.71. The average Bonchev–Trinajstić information content (AvgIpc) is 3.04. The fraction of sp³-hybridized carbons (Fsp3) is 0.318. The Balaban J connectivity index is 1.31.